The number of benzene rings is 1. The number of nitrogens with one attached hydrogen (secondary N) is 2. The van der Waals surface area contributed by atoms with Gasteiger partial charge in [-0.1, -0.05) is 0 Å². The minimum atomic E-state index is -0.307. The Morgan fingerprint density at radius 1 is 1.45 bits per heavy atom. The number of halogens is 1. The number of hydrogen-bond acceptors (Lipinski definition) is 3. The highest BCUT2D eigenvalue weighted by Gasteiger charge is 2.10. The van der Waals surface area contributed by atoms with Crippen molar-refractivity contribution in [2.45, 2.75) is 19.4 Å². The third-order valence-corrected chi connectivity index (χ3v) is 2.85. The molecule has 20 heavy (non-hydrogen) atoms. The van der Waals surface area contributed by atoms with Gasteiger partial charge in [0.2, 0.25) is 0 Å². The first-order valence-corrected chi connectivity index (χ1v) is 6.41. The zero-order chi connectivity index (χ0) is 14.5. The minimum absolute atomic E-state index is 0.0480. The summed E-state index contributed by atoms with van der Waals surface area (Å²) in [5, 5.41) is 9.47. The molecule has 1 amide bonds. The number of aromatic nitrogens is 2. The van der Waals surface area contributed by atoms with Crippen molar-refractivity contribution in [3.8, 4) is 11.3 Å². The van der Waals surface area contributed by atoms with E-state index in [0.29, 0.717) is 24.4 Å². The van der Waals surface area contributed by atoms with Crippen molar-refractivity contribution in [1.29, 1.82) is 0 Å². The third kappa shape index (κ3) is 3.64. The molecule has 2 aromatic rings. The van der Waals surface area contributed by atoms with Crippen LogP contribution in [0.3, 0.4) is 0 Å². The Morgan fingerprint density at radius 2 is 2.15 bits per heavy atom. The van der Waals surface area contributed by atoms with Crippen LogP contribution in [0.2, 0.25) is 0 Å². The fourth-order valence-electron chi connectivity index (χ4n) is 1.72. The number of H-pyrrole nitrogens is 1. The summed E-state index contributed by atoms with van der Waals surface area (Å²) >= 11 is 0. The van der Waals surface area contributed by atoms with E-state index in [4.69, 9.17) is 5.73 Å². The Bertz CT molecular complexity index is 577. The molecule has 0 saturated heterocycles. The Hall–Kier alpha value is -2.21. The summed E-state index contributed by atoms with van der Waals surface area (Å²) in [7, 11) is 0. The van der Waals surface area contributed by atoms with Crippen LogP contribution in [0.1, 0.15) is 23.8 Å². The first-order chi connectivity index (χ1) is 9.56. The third-order valence-electron chi connectivity index (χ3n) is 2.85. The number of aromatic amines is 1. The summed E-state index contributed by atoms with van der Waals surface area (Å²) < 4.78 is 12.8. The molecular weight excluding hydrogens is 259 g/mol. The molecule has 6 heteroatoms. The highest BCUT2D eigenvalue weighted by Crippen LogP contribution is 2.17. The first-order valence-electron chi connectivity index (χ1n) is 6.41. The lowest BCUT2D eigenvalue weighted by atomic mass is 10.1. The predicted octanol–water partition coefficient (Wildman–Crippen LogP) is 1.68. The van der Waals surface area contributed by atoms with Gasteiger partial charge in [0, 0.05) is 18.2 Å². The maximum atomic E-state index is 12.8. The lowest BCUT2D eigenvalue weighted by molar-refractivity contribution is 0.0948. The van der Waals surface area contributed by atoms with Crippen molar-refractivity contribution >= 4 is 5.91 Å². The molecule has 4 N–H and O–H groups in total. The van der Waals surface area contributed by atoms with Gasteiger partial charge in [-0.3, -0.25) is 9.89 Å². The van der Waals surface area contributed by atoms with Crippen LogP contribution in [0.4, 0.5) is 4.39 Å². The van der Waals surface area contributed by atoms with Gasteiger partial charge in [0.05, 0.1) is 5.69 Å². The van der Waals surface area contributed by atoms with Crippen LogP contribution in [0.25, 0.3) is 11.3 Å². The standard InChI is InChI=1S/C14H17FN4O/c1-9(16)6-7-17-14(20)13-8-12(18-19-13)10-2-4-11(15)5-3-10/h2-5,8-9H,6-7,16H2,1H3,(H,17,20)(H,18,19). The van der Waals surface area contributed by atoms with Crippen LogP contribution in [0.5, 0.6) is 0 Å². The van der Waals surface area contributed by atoms with Crippen molar-refractivity contribution in [2.24, 2.45) is 5.73 Å². The second-order valence-corrected chi connectivity index (χ2v) is 4.70. The van der Waals surface area contributed by atoms with Gasteiger partial charge in [-0.2, -0.15) is 5.10 Å². The van der Waals surface area contributed by atoms with Gasteiger partial charge in [0.25, 0.3) is 5.91 Å². The fourth-order valence-corrected chi connectivity index (χ4v) is 1.72. The van der Waals surface area contributed by atoms with Crippen molar-refractivity contribution in [3.63, 3.8) is 0 Å². The SMILES string of the molecule is CC(N)CCNC(=O)c1cc(-c2ccc(F)cc2)n[nH]1. The molecule has 0 fully saturated rings. The Morgan fingerprint density at radius 3 is 2.80 bits per heavy atom. The van der Waals surface area contributed by atoms with E-state index >= 15 is 0 Å². The second kappa shape index (κ2) is 6.29. The van der Waals surface area contributed by atoms with E-state index in [2.05, 4.69) is 15.5 Å². The highest BCUT2D eigenvalue weighted by molar-refractivity contribution is 5.93. The summed E-state index contributed by atoms with van der Waals surface area (Å²) in [4.78, 5) is 11.8. The van der Waals surface area contributed by atoms with E-state index in [9.17, 15) is 9.18 Å². The molecule has 0 spiro atoms. The summed E-state index contributed by atoms with van der Waals surface area (Å²) in [6.45, 7) is 2.40. The normalized spacial score (nSPS) is 12.2. The lowest BCUT2D eigenvalue weighted by Crippen LogP contribution is -2.29. The molecule has 1 aromatic carbocycles. The molecule has 0 radical (unpaired) electrons. The second-order valence-electron chi connectivity index (χ2n) is 4.70. The van der Waals surface area contributed by atoms with Crippen LogP contribution in [0.15, 0.2) is 30.3 Å². The quantitative estimate of drug-likeness (QED) is 0.777. The Balaban J connectivity index is 2.01. The van der Waals surface area contributed by atoms with Gasteiger partial charge in [-0.25, -0.2) is 4.39 Å². The van der Waals surface area contributed by atoms with Crippen molar-refractivity contribution in [3.05, 3.63) is 41.8 Å². The van der Waals surface area contributed by atoms with E-state index in [0.717, 1.165) is 5.56 Å². The Labute approximate surface area is 116 Å². The molecule has 1 heterocycles. The number of nitrogens with two attached hydrogens (primary N) is 1. The van der Waals surface area contributed by atoms with Gasteiger partial charge >= 0.3 is 0 Å². The number of amides is 1. The Kier molecular flexibility index (Phi) is 4.47. The van der Waals surface area contributed by atoms with Crippen LogP contribution >= 0.6 is 0 Å². The number of rotatable bonds is 5. The number of hydrogen-bond donors (Lipinski definition) is 3. The molecule has 1 unspecified atom stereocenters. The zero-order valence-electron chi connectivity index (χ0n) is 11.2. The van der Waals surface area contributed by atoms with Gasteiger partial charge in [0.1, 0.15) is 11.5 Å². The smallest absolute Gasteiger partial charge is 0.269 e. The van der Waals surface area contributed by atoms with Gasteiger partial charge < -0.3 is 11.1 Å². The summed E-state index contributed by atoms with van der Waals surface area (Å²) in [6.07, 6.45) is 0.713. The highest BCUT2D eigenvalue weighted by atomic mass is 19.1. The van der Waals surface area contributed by atoms with Crippen LogP contribution in [-0.2, 0) is 0 Å². The van der Waals surface area contributed by atoms with Gasteiger partial charge in [-0.05, 0) is 43.7 Å². The van der Waals surface area contributed by atoms with E-state index in [1.165, 1.54) is 12.1 Å². The van der Waals surface area contributed by atoms with Crippen molar-refractivity contribution in [1.82, 2.24) is 15.5 Å². The molecule has 0 aliphatic heterocycles. The maximum absolute atomic E-state index is 12.8. The monoisotopic (exact) mass is 276 g/mol. The summed E-state index contributed by atoms with van der Waals surface area (Å²) in [6, 6.07) is 7.62. The predicted molar refractivity (Wildman–Crippen MR) is 74.6 cm³/mol. The molecule has 2 rings (SSSR count). The van der Waals surface area contributed by atoms with E-state index in [1.807, 2.05) is 6.92 Å². The molecule has 5 nitrogen and oxygen atoms in total. The molecule has 0 bridgehead atoms. The van der Waals surface area contributed by atoms with E-state index < -0.39 is 0 Å². The van der Waals surface area contributed by atoms with E-state index in [-0.39, 0.29) is 17.8 Å². The summed E-state index contributed by atoms with van der Waals surface area (Å²) in [5.74, 6) is -0.537. The molecule has 1 aromatic heterocycles. The van der Waals surface area contributed by atoms with Gasteiger partial charge in [-0.15, -0.1) is 0 Å². The van der Waals surface area contributed by atoms with Crippen LogP contribution < -0.4 is 11.1 Å². The molecule has 106 valence electrons. The average Bonchev–Trinajstić information content (AvgIpc) is 2.88. The molecular formula is C14H17FN4O. The van der Waals surface area contributed by atoms with Crippen molar-refractivity contribution < 1.29 is 9.18 Å². The summed E-state index contributed by atoms with van der Waals surface area (Å²) in [5.41, 5.74) is 7.32. The number of carbonyl (C=O) groups is 1. The largest absolute Gasteiger partial charge is 0.351 e. The maximum Gasteiger partial charge on any atom is 0.269 e. The van der Waals surface area contributed by atoms with Crippen molar-refractivity contribution in [2.75, 3.05) is 6.54 Å². The van der Waals surface area contributed by atoms with E-state index in [1.54, 1.807) is 18.2 Å². The fraction of sp³-hybridized carbons (Fsp3) is 0.286. The lowest BCUT2D eigenvalue weighted by Gasteiger charge is -2.05. The van der Waals surface area contributed by atoms with Crippen LogP contribution in [-0.4, -0.2) is 28.7 Å². The molecule has 0 aliphatic rings. The minimum Gasteiger partial charge on any atom is -0.351 e. The zero-order valence-corrected chi connectivity index (χ0v) is 11.2. The molecule has 0 saturated carbocycles. The number of carbonyl (C=O) groups excluding carboxylic acids is 1. The molecule has 1 atom stereocenters. The first kappa shape index (κ1) is 14.2. The topological polar surface area (TPSA) is 83.8 Å². The number of nitrogens with zero attached hydrogens (tertiary/aromatic N) is 1. The van der Waals surface area contributed by atoms with Crippen LogP contribution in [0, 0.1) is 5.82 Å². The molecule has 0 aliphatic carbocycles. The average molecular weight is 276 g/mol. The van der Waals surface area contributed by atoms with Gasteiger partial charge in [0.15, 0.2) is 0 Å².